The average Bonchev–Trinajstić information content (AvgIpc) is 3.08. The van der Waals surface area contributed by atoms with Crippen molar-refractivity contribution >= 4 is 27.8 Å². The number of aromatic nitrogens is 2. The fraction of sp³-hybridized carbons (Fsp3) is 0.455. The summed E-state index contributed by atoms with van der Waals surface area (Å²) in [4.78, 5) is 12.8. The molecule has 2 aromatic rings. The van der Waals surface area contributed by atoms with Crippen molar-refractivity contribution in [3.8, 4) is 0 Å². The van der Waals surface area contributed by atoms with Crippen molar-refractivity contribution < 1.29 is 13.2 Å². The predicted octanol–water partition coefficient (Wildman–Crippen LogP) is 3.60. The Morgan fingerprint density at radius 3 is 2.40 bits per heavy atom. The lowest BCUT2D eigenvalue weighted by Crippen LogP contribution is -2.41. The predicted molar refractivity (Wildman–Crippen MR) is 119 cm³/mol. The molecular weight excluding hydrogens is 400 g/mol. The van der Waals surface area contributed by atoms with Gasteiger partial charge in [-0.2, -0.15) is 9.40 Å². The Labute approximate surface area is 178 Å². The van der Waals surface area contributed by atoms with Crippen LogP contribution < -0.4 is 5.32 Å². The van der Waals surface area contributed by atoms with Gasteiger partial charge in [-0.25, -0.2) is 13.1 Å². The first-order valence-electron chi connectivity index (χ1n) is 10.2. The van der Waals surface area contributed by atoms with Gasteiger partial charge in [-0.05, 0) is 52.2 Å². The minimum atomic E-state index is -3.51. The number of hydrogen-bond donors (Lipinski definition) is 1. The molecule has 1 aromatic carbocycles. The van der Waals surface area contributed by atoms with Gasteiger partial charge in [0.15, 0.2) is 0 Å². The highest BCUT2D eigenvalue weighted by Gasteiger charge is 2.31. The number of piperidine rings is 1. The summed E-state index contributed by atoms with van der Waals surface area (Å²) in [6.07, 6.45) is 2.59. The zero-order valence-electron chi connectivity index (χ0n) is 18.0. The molecular formula is C22H30N4O3S. The van der Waals surface area contributed by atoms with Crippen LogP contribution in [0.2, 0.25) is 0 Å². The minimum absolute atomic E-state index is 0.0859. The number of carbonyl (C=O) groups is 1. The zero-order valence-corrected chi connectivity index (χ0v) is 18.8. The Morgan fingerprint density at radius 2 is 1.80 bits per heavy atom. The number of nitrogens with zero attached hydrogens (tertiary/aromatic N) is 3. The highest BCUT2D eigenvalue weighted by atomic mass is 32.2. The average molecular weight is 431 g/mol. The zero-order chi connectivity index (χ0) is 21.9. The molecule has 0 aliphatic carbocycles. The van der Waals surface area contributed by atoms with Crippen LogP contribution in [0.1, 0.15) is 44.9 Å². The molecule has 1 aliphatic rings. The summed E-state index contributed by atoms with van der Waals surface area (Å²) < 4.78 is 28.5. The highest BCUT2D eigenvalue weighted by Crippen LogP contribution is 2.25. The van der Waals surface area contributed by atoms with E-state index in [1.54, 1.807) is 6.08 Å². The van der Waals surface area contributed by atoms with Crippen molar-refractivity contribution in [2.45, 2.75) is 46.1 Å². The Bertz CT molecular complexity index is 1010. The van der Waals surface area contributed by atoms with E-state index >= 15 is 0 Å². The van der Waals surface area contributed by atoms with Crippen LogP contribution in [0.3, 0.4) is 0 Å². The maximum absolute atomic E-state index is 12.8. The molecule has 30 heavy (non-hydrogen) atoms. The number of anilines is 1. The quantitative estimate of drug-likeness (QED) is 0.786. The Hall–Kier alpha value is -2.45. The molecule has 0 saturated carbocycles. The molecule has 0 bridgehead atoms. The van der Waals surface area contributed by atoms with E-state index in [1.807, 2.05) is 68.8 Å². The maximum Gasteiger partial charge on any atom is 0.236 e. The van der Waals surface area contributed by atoms with Crippen LogP contribution in [0.15, 0.2) is 41.8 Å². The first-order chi connectivity index (χ1) is 14.1. The maximum atomic E-state index is 12.8. The molecule has 162 valence electrons. The van der Waals surface area contributed by atoms with Crippen LogP contribution in [0.25, 0.3) is 6.08 Å². The topological polar surface area (TPSA) is 84.3 Å². The molecule has 0 atom stereocenters. The van der Waals surface area contributed by atoms with Gasteiger partial charge in [-0.3, -0.25) is 4.79 Å². The Morgan fingerprint density at radius 1 is 1.17 bits per heavy atom. The van der Waals surface area contributed by atoms with Gasteiger partial charge in [0.25, 0.3) is 0 Å². The summed E-state index contributed by atoms with van der Waals surface area (Å²) >= 11 is 0. The number of sulfonamides is 1. The summed E-state index contributed by atoms with van der Waals surface area (Å²) in [6, 6.07) is 11.2. The van der Waals surface area contributed by atoms with Crippen LogP contribution in [0.5, 0.6) is 0 Å². The second kappa shape index (κ2) is 8.73. The second-order valence-corrected chi connectivity index (χ2v) is 10.5. The van der Waals surface area contributed by atoms with Crippen LogP contribution in [-0.4, -0.2) is 41.5 Å². The van der Waals surface area contributed by atoms with E-state index in [0.717, 1.165) is 11.3 Å². The van der Waals surface area contributed by atoms with E-state index in [9.17, 15) is 13.2 Å². The molecule has 1 aromatic heterocycles. The van der Waals surface area contributed by atoms with Crippen molar-refractivity contribution in [3.63, 3.8) is 0 Å². The van der Waals surface area contributed by atoms with E-state index in [4.69, 9.17) is 0 Å². The standard InChI is InChI=1S/C22H30N4O3S/c1-17-16-20(26(24-17)22(2,3)4)23-21(27)19-10-13-25(14-11-19)30(28,29)15-12-18-8-6-5-7-9-18/h5-9,12,15-16,19H,10-11,13-14H2,1-4H3,(H,23,27)/b15-12+. The Kier molecular flexibility index (Phi) is 6.47. The van der Waals surface area contributed by atoms with E-state index in [1.165, 1.54) is 9.71 Å². The lowest BCUT2D eigenvalue weighted by atomic mass is 9.97. The van der Waals surface area contributed by atoms with Gasteiger partial charge in [0.05, 0.1) is 11.2 Å². The normalized spacial score (nSPS) is 16.8. The number of aryl methyl sites for hydroxylation is 1. The van der Waals surface area contributed by atoms with Gasteiger partial charge in [0.1, 0.15) is 5.82 Å². The summed E-state index contributed by atoms with van der Waals surface area (Å²) in [6.45, 7) is 8.64. The van der Waals surface area contributed by atoms with Crippen molar-refractivity contribution in [2.24, 2.45) is 5.92 Å². The minimum Gasteiger partial charge on any atom is -0.311 e. The fourth-order valence-corrected chi connectivity index (χ4v) is 4.74. The molecule has 0 unspecified atom stereocenters. The van der Waals surface area contributed by atoms with Gasteiger partial charge in [-0.15, -0.1) is 0 Å². The molecule has 1 amide bonds. The molecule has 0 radical (unpaired) electrons. The van der Waals surface area contributed by atoms with Crippen molar-refractivity contribution in [3.05, 3.63) is 53.1 Å². The van der Waals surface area contributed by atoms with Gasteiger partial charge >= 0.3 is 0 Å². The molecule has 2 heterocycles. The Balaban J connectivity index is 1.60. The third kappa shape index (κ3) is 5.37. The lowest BCUT2D eigenvalue weighted by molar-refractivity contribution is -0.121. The van der Waals surface area contributed by atoms with Crippen LogP contribution in [-0.2, 0) is 20.4 Å². The molecule has 1 aliphatic heterocycles. The molecule has 3 rings (SSSR count). The number of hydrogen-bond acceptors (Lipinski definition) is 4. The summed E-state index contributed by atoms with van der Waals surface area (Å²) in [5, 5.41) is 8.71. The number of amides is 1. The summed E-state index contributed by atoms with van der Waals surface area (Å²) in [7, 11) is -3.51. The highest BCUT2D eigenvalue weighted by molar-refractivity contribution is 7.92. The SMILES string of the molecule is Cc1cc(NC(=O)C2CCN(S(=O)(=O)/C=C/c3ccccc3)CC2)n(C(C)(C)C)n1. The second-order valence-electron chi connectivity index (χ2n) is 8.67. The molecule has 1 N–H and O–H groups in total. The van der Waals surface area contributed by atoms with Crippen molar-refractivity contribution in [2.75, 3.05) is 18.4 Å². The van der Waals surface area contributed by atoms with E-state index in [-0.39, 0.29) is 17.4 Å². The van der Waals surface area contributed by atoms with E-state index < -0.39 is 10.0 Å². The monoisotopic (exact) mass is 430 g/mol. The number of nitrogens with one attached hydrogen (secondary N) is 1. The summed E-state index contributed by atoms with van der Waals surface area (Å²) in [5.41, 5.74) is 1.42. The van der Waals surface area contributed by atoms with Gasteiger partial charge in [0.2, 0.25) is 15.9 Å². The first kappa shape index (κ1) is 22.2. The van der Waals surface area contributed by atoms with Gasteiger partial charge in [-0.1, -0.05) is 30.3 Å². The van der Waals surface area contributed by atoms with E-state index in [2.05, 4.69) is 10.4 Å². The molecule has 7 nitrogen and oxygen atoms in total. The lowest BCUT2D eigenvalue weighted by Gasteiger charge is -2.30. The molecule has 8 heteroatoms. The molecule has 0 spiro atoms. The fourth-order valence-electron chi connectivity index (χ4n) is 3.52. The smallest absolute Gasteiger partial charge is 0.236 e. The van der Waals surface area contributed by atoms with Crippen LogP contribution >= 0.6 is 0 Å². The number of carbonyl (C=O) groups excluding carboxylic acids is 1. The third-order valence-corrected chi connectivity index (χ3v) is 6.70. The van der Waals surface area contributed by atoms with Crippen LogP contribution in [0, 0.1) is 12.8 Å². The number of rotatable bonds is 5. The van der Waals surface area contributed by atoms with Crippen LogP contribution in [0.4, 0.5) is 5.82 Å². The van der Waals surface area contributed by atoms with Crippen molar-refractivity contribution in [1.82, 2.24) is 14.1 Å². The van der Waals surface area contributed by atoms with Crippen molar-refractivity contribution in [1.29, 1.82) is 0 Å². The first-order valence-corrected chi connectivity index (χ1v) is 11.7. The largest absolute Gasteiger partial charge is 0.311 e. The number of benzene rings is 1. The summed E-state index contributed by atoms with van der Waals surface area (Å²) in [5.74, 6) is 0.362. The molecule has 1 fully saturated rings. The van der Waals surface area contributed by atoms with E-state index in [0.29, 0.717) is 31.7 Å². The molecule has 1 saturated heterocycles. The van der Waals surface area contributed by atoms with Gasteiger partial charge < -0.3 is 5.32 Å². The van der Waals surface area contributed by atoms with Gasteiger partial charge in [0, 0.05) is 30.5 Å². The third-order valence-electron chi connectivity index (χ3n) is 5.13.